The van der Waals surface area contributed by atoms with Gasteiger partial charge in [-0.05, 0) is 30.7 Å². The Morgan fingerprint density at radius 2 is 1.74 bits per heavy atom. The van der Waals surface area contributed by atoms with Crippen LogP contribution >= 0.6 is 0 Å². The zero-order valence-electron chi connectivity index (χ0n) is 14.2. The molecule has 0 atom stereocenters. The van der Waals surface area contributed by atoms with Gasteiger partial charge in [0.1, 0.15) is 17.5 Å². The lowest BCUT2D eigenvalue weighted by Crippen LogP contribution is -2.49. The Labute approximate surface area is 153 Å². The minimum Gasteiger partial charge on any atom is -0.336 e. The van der Waals surface area contributed by atoms with Gasteiger partial charge in [0.2, 0.25) is 0 Å². The first-order valence-corrected chi connectivity index (χ1v) is 8.05. The number of amides is 2. The molecule has 0 aliphatic carbocycles. The molecule has 0 unspecified atom stereocenters. The van der Waals surface area contributed by atoms with E-state index in [2.05, 4.69) is 5.32 Å². The van der Waals surface area contributed by atoms with Crippen LogP contribution in [0.15, 0.2) is 30.3 Å². The predicted octanol–water partition coefficient (Wildman–Crippen LogP) is 3.26. The van der Waals surface area contributed by atoms with Gasteiger partial charge in [-0.25, -0.2) is 13.2 Å². The Bertz CT molecular complexity index is 979. The van der Waals surface area contributed by atoms with E-state index in [-0.39, 0.29) is 24.6 Å². The monoisotopic (exact) mass is 373 g/mol. The largest absolute Gasteiger partial charge is 0.336 e. The average Bonchev–Trinajstić information content (AvgIpc) is 2.56. The number of nitrogens with one attached hydrogen (secondary N) is 1. The number of nitriles is 1. The number of nitrogens with zero attached hydrogens (tertiary/aromatic N) is 2. The Kier molecular flexibility index (Phi) is 4.86. The van der Waals surface area contributed by atoms with Gasteiger partial charge >= 0.3 is 0 Å². The van der Waals surface area contributed by atoms with Gasteiger partial charge in [-0.2, -0.15) is 5.26 Å². The molecular weight excluding hydrogens is 359 g/mol. The van der Waals surface area contributed by atoms with Crippen LogP contribution in [-0.4, -0.2) is 29.8 Å². The first kappa shape index (κ1) is 18.5. The van der Waals surface area contributed by atoms with Crippen molar-refractivity contribution < 1.29 is 22.8 Å². The van der Waals surface area contributed by atoms with Gasteiger partial charge in [0.25, 0.3) is 11.8 Å². The highest BCUT2D eigenvalue weighted by Crippen LogP contribution is 2.25. The Hall–Kier alpha value is -3.34. The minimum atomic E-state index is -1.09. The summed E-state index contributed by atoms with van der Waals surface area (Å²) in [6.45, 7) is 1.96. The number of carbonyl (C=O) groups excluding carboxylic acids is 2. The van der Waals surface area contributed by atoms with Crippen LogP contribution in [0.2, 0.25) is 0 Å². The molecule has 2 aromatic rings. The molecule has 0 aromatic heterocycles. The summed E-state index contributed by atoms with van der Waals surface area (Å²) in [5.74, 6) is -4.92. The fraction of sp³-hybridized carbons (Fsp3) is 0.211. The highest BCUT2D eigenvalue weighted by molar-refractivity contribution is 6.05. The van der Waals surface area contributed by atoms with Gasteiger partial charge in [0.15, 0.2) is 0 Å². The number of likely N-dealkylation sites (tertiary alicyclic amines) is 1. The topological polar surface area (TPSA) is 73.2 Å². The maximum absolute atomic E-state index is 14.0. The van der Waals surface area contributed by atoms with Crippen LogP contribution in [-0.2, 0) is 0 Å². The highest BCUT2D eigenvalue weighted by Gasteiger charge is 2.33. The van der Waals surface area contributed by atoms with Crippen LogP contribution in [0.1, 0.15) is 26.3 Å². The molecule has 5 nitrogen and oxygen atoms in total. The summed E-state index contributed by atoms with van der Waals surface area (Å²) in [7, 11) is 0. The van der Waals surface area contributed by atoms with E-state index in [1.165, 1.54) is 17.0 Å². The van der Waals surface area contributed by atoms with Crippen LogP contribution in [0.25, 0.3) is 0 Å². The summed E-state index contributed by atoms with van der Waals surface area (Å²) < 4.78 is 42.0. The number of halogens is 3. The molecule has 1 heterocycles. The fourth-order valence-electron chi connectivity index (χ4n) is 2.70. The Morgan fingerprint density at radius 3 is 2.37 bits per heavy atom. The molecule has 2 amide bonds. The average molecular weight is 373 g/mol. The zero-order chi connectivity index (χ0) is 19.7. The molecule has 138 valence electrons. The van der Waals surface area contributed by atoms with E-state index in [0.717, 1.165) is 12.1 Å². The van der Waals surface area contributed by atoms with E-state index >= 15 is 0 Å². The molecule has 1 N–H and O–H groups in total. The van der Waals surface area contributed by atoms with Crippen molar-refractivity contribution >= 4 is 17.5 Å². The summed E-state index contributed by atoms with van der Waals surface area (Å²) in [6, 6.07) is 7.26. The number of hydrogen-bond donors (Lipinski definition) is 1. The lowest BCUT2D eigenvalue weighted by atomic mass is 10.0. The number of hydrogen-bond acceptors (Lipinski definition) is 3. The van der Waals surface area contributed by atoms with E-state index in [1.54, 1.807) is 6.92 Å². The SMILES string of the molecule is Cc1ccc(C(=O)Nc2cc(C(=O)N3CC(C#N)C3)c(F)cc2F)c(F)c1. The summed E-state index contributed by atoms with van der Waals surface area (Å²) in [5, 5.41) is 10.9. The van der Waals surface area contributed by atoms with E-state index < -0.39 is 40.5 Å². The van der Waals surface area contributed by atoms with Crippen molar-refractivity contribution in [3.63, 3.8) is 0 Å². The number of anilines is 1. The van der Waals surface area contributed by atoms with Gasteiger partial charge in [-0.15, -0.1) is 0 Å². The van der Waals surface area contributed by atoms with Crippen molar-refractivity contribution in [1.82, 2.24) is 4.90 Å². The van der Waals surface area contributed by atoms with Crippen molar-refractivity contribution in [3.05, 3.63) is 64.5 Å². The highest BCUT2D eigenvalue weighted by atomic mass is 19.1. The van der Waals surface area contributed by atoms with Crippen molar-refractivity contribution in [2.75, 3.05) is 18.4 Å². The van der Waals surface area contributed by atoms with E-state index in [4.69, 9.17) is 5.26 Å². The van der Waals surface area contributed by atoms with Crippen molar-refractivity contribution in [1.29, 1.82) is 5.26 Å². The standard InChI is InChI=1S/C19H14F3N3O2/c1-10-2-3-12(14(20)4-10)18(26)24-17-5-13(15(21)6-16(17)22)19(27)25-8-11(7-23)9-25/h2-6,11H,8-9H2,1H3,(H,24,26). The number of aryl methyl sites for hydroxylation is 1. The molecular formula is C19H14F3N3O2. The molecule has 1 fully saturated rings. The van der Waals surface area contributed by atoms with Gasteiger partial charge in [0, 0.05) is 19.2 Å². The van der Waals surface area contributed by atoms with Crippen molar-refractivity contribution in [2.45, 2.75) is 6.92 Å². The molecule has 1 aliphatic rings. The quantitative estimate of drug-likeness (QED) is 0.898. The molecule has 1 saturated heterocycles. The minimum absolute atomic E-state index is 0.155. The second-order valence-electron chi connectivity index (χ2n) is 6.29. The van der Waals surface area contributed by atoms with Crippen molar-refractivity contribution in [3.8, 4) is 6.07 Å². The van der Waals surface area contributed by atoms with Crippen LogP contribution in [0.5, 0.6) is 0 Å². The lowest BCUT2D eigenvalue weighted by molar-refractivity contribution is 0.0572. The van der Waals surface area contributed by atoms with Gasteiger partial charge in [-0.1, -0.05) is 6.07 Å². The Morgan fingerprint density at radius 1 is 1.07 bits per heavy atom. The molecule has 27 heavy (non-hydrogen) atoms. The smallest absolute Gasteiger partial charge is 0.258 e. The maximum atomic E-state index is 14.0. The second-order valence-corrected chi connectivity index (χ2v) is 6.29. The third-order valence-corrected chi connectivity index (χ3v) is 4.26. The normalized spacial score (nSPS) is 13.7. The van der Waals surface area contributed by atoms with E-state index in [9.17, 15) is 22.8 Å². The molecule has 0 bridgehead atoms. The summed E-state index contributed by atoms with van der Waals surface area (Å²) in [6.07, 6.45) is 0. The van der Waals surface area contributed by atoms with Crippen LogP contribution in [0, 0.1) is 41.6 Å². The summed E-state index contributed by atoms with van der Waals surface area (Å²) in [4.78, 5) is 25.8. The van der Waals surface area contributed by atoms with Gasteiger partial charge in [-0.3, -0.25) is 9.59 Å². The predicted molar refractivity (Wildman–Crippen MR) is 90.5 cm³/mol. The molecule has 2 aromatic carbocycles. The van der Waals surface area contributed by atoms with Crippen molar-refractivity contribution in [2.24, 2.45) is 5.92 Å². The van der Waals surface area contributed by atoms with Crippen LogP contribution in [0.3, 0.4) is 0 Å². The number of carbonyl (C=O) groups is 2. The molecule has 1 aliphatic heterocycles. The molecule has 8 heteroatoms. The molecule has 3 rings (SSSR count). The zero-order valence-corrected chi connectivity index (χ0v) is 14.2. The van der Waals surface area contributed by atoms with Gasteiger partial charge in [0.05, 0.1) is 28.8 Å². The summed E-state index contributed by atoms with van der Waals surface area (Å²) in [5.41, 5.74) is -0.582. The third kappa shape index (κ3) is 3.62. The summed E-state index contributed by atoms with van der Waals surface area (Å²) >= 11 is 0. The Balaban J connectivity index is 1.85. The van der Waals surface area contributed by atoms with E-state index in [1.807, 2.05) is 6.07 Å². The number of benzene rings is 2. The van der Waals surface area contributed by atoms with E-state index in [0.29, 0.717) is 11.6 Å². The molecule has 0 spiro atoms. The lowest BCUT2D eigenvalue weighted by Gasteiger charge is -2.35. The second kappa shape index (κ2) is 7.11. The fourth-order valence-corrected chi connectivity index (χ4v) is 2.70. The molecule has 0 saturated carbocycles. The maximum Gasteiger partial charge on any atom is 0.258 e. The van der Waals surface area contributed by atoms with Crippen LogP contribution < -0.4 is 5.32 Å². The number of rotatable bonds is 3. The first-order valence-electron chi connectivity index (χ1n) is 8.05. The van der Waals surface area contributed by atoms with Gasteiger partial charge < -0.3 is 10.2 Å². The third-order valence-electron chi connectivity index (χ3n) is 4.26. The molecule has 0 radical (unpaired) electrons. The van der Waals surface area contributed by atoms with Crippen LogP contribution in [0.4, 0.5) is 18.9 Å². The first-order chi connectivity index (χ1) is 12.8.